The number of anilines is 2. The standard InChI is InChI=1S/C21H19F2N9O/c1-10-18(28-31-27-10)14-8-32(9-14)21-30-29-19(33-21)13-6-24-20(25-7-13)26-15-2-11-4-16(22)17(23)5-12(11)3-15/h4-7,14-15H,2-3,8-9H2,1H3,(H,24,25,26)(H,27,28,31). The number of hydrogen-bond donors (Lipinski definition) is 2. The Labute approximate surface area is 186 Å². The van der Waals surface area contributed by atoms with Gasteiger partial charge in [0.25, 0.3) is 5.89 Å². The van der Waals surface area contributed by atoms with E-state index in [1.165, 1.54) is 12.1 Å². The summed E-state index contributed by atoms with van der Waals surface area (Å²) in [6.07, 6.45) is 4.36. The van der Waals surface area contributed by atoms with Crippen molar-refractivity contribution in [2.75, 3.05) is 23.3 Å². The third kappa shape index (κ3) is 3.56. The summed E-state index contributed by atoms with van der Waals surface area (Å²) in [5, 5.41) is 22.4. The summed E-state index contributed by atoms with van der Waals surface area (Å²) in [7, 11) is 0. The Morgan fingerprint density at radius 2 is 1.73 bits per heavy atom. The summed E-state index contributed by atoms with van der Waals surface area (Å²) >= 11 is 0. The molecule has 1 saturated heterocycles. The topological polar surface area (TPSA) is 122 Å². The average Bonchev–Trinajstić information content (AvgIpc) is 3.49. The van der Waals surface area contributed by atoms with Crippen LogP contribution < -0.4 is 10.2 Å². The Morgan fingerprint density at radius 3 is 2.36 bits per heavy atom. The third-order valence-corrected chi connectivity index (χ3v) is 6.12. The second kappa shape index (κ2) is 7.57. The number of halogens is 2. The first kappa shape index (κ1) is 19.7. The summed E-state index contributed by atoms with van der Waals surface area (Å²) in [4.78, 5) is 10.6. The van der Waals surface area contributed by atoms with Gasteiger partial charge in [0.2, 0.25) is 5.95 Å². The molecule has 33 heavy (non-hydrogen) atoms. The van der Waals surface area contributed by atoms with Crippen LogP contribution in [0.25, 0.3) is 11.5 Å². The predicted molar refractivity (Wildman–Crippen MR) is 113 cm³/mol. The van der Waals surface area contributed by atoms with E-state index in [2.05, 4.69) is 40.9 Å². The van der Waals surface area contributed by atoms with Gasteiger partial charge in [-0.3, -0.25) is 0 Å². The van der Waals surface area contributed by atoms with E-state index in [0.717, 1.165) is 35.6 Å². The molecule has 1 aliphatic carbocycles. The molecule has 4 heterocycles. The lowest BCUT2D eigenvalue weighted by molar-refractivity contribution is 0.448. The normalized spacial score (nSPS) is 16.2. The van der Waals surface area contributed by atoms with Crippen molar-refractivity contribution in [1.82, 2.24) is 35.6 Å². The molecule has 1 fully saturated rings. The molecule has 2 aliphatic rings. The highest BCUT2D eigenvalue weighted by Crippen LogP contribution is 2.32. The number of H-pyrrole nitrogens is 1. The largest absolute Gasteiger partial charge is 0.403 e. The van der Waals surface area contributed by atoms with Gasteiger partial charge in [-0.1, -0.05) is 5.10 Å². The van der Waals surface area contributed by atoms with Crippen LogP contribution in [0.5, 0.6) is 0 Å². The average molecular weight is 451 g/mol. The van der Waals surface area contributed by atoms with E-state index in [1.807, 2.05) is 11.8 Å². The number of aromatic amines is 1. The van der Waals surface area contributed by atoms with Crippen LogP contribution in [0.2, 0.25) is 0 Å². The maximum absolute atomic E-state index is 13.5. The molecule has 6 rings (SSSR count). The fraction of sp³-hybridized carbons (Fsp3) is 0.333. The van der Waals surface area contributed by atoms with Gasteiger partial charge in [-0.15, -0.1) is 5.10 Å². The first-order valence-electron chi connectivity index (χ1n) is 10.5. The molecule has 0 saturated carbocycles. The summed E-state index contributed by atoms with van der Waals surface area (Å²) < 4.78 is 32.7. The van der Waals surface area contributed by atoms with E-state index < -0.39 is 11.6 Å². The number of nitrogens with zero attached hydrogens (tertiary/aromatic N) is 7. The van der Waals surface area contributed by atoms with Crippen LogP contribution in [0, 0.1) is 18.6 Å². The molecular formula is C21H19F2N9O. The molecule has 0 unspecified atom stereocenters. The van der Waals surface area contributed by atoms with Crippen molar-refractivity contribution in [3.05, 3.63) is 58.7 Å². The van der Waals surface area contributed by atoms with Gasteiger partial charge in [-0.2, -0.15) is 15.4 Å². The highest BCUT2D eigenvalue weighted by atomic mass is 19.2. The molecule has 12 heteroatoms. The number of rotatable bonds is 5. The Balaban J connectivity index is 1.08. The molecule has 10 nitrogen and oxygen atoms in total. The minimum absolute atomic E-state index is 0.0326. The van der Waals surface area contributed by atoms with E-state index in [9.17, 15) is 8.78 Å². The Kier molecular flexibility index (Phi) is 4.52. The van der Waals surface area contributed by atoms with Gasteiger partial charge in [0.05, 0.1) is 17.0 Å². The molecule has 1 aromatic carbocycles. The quantitative estimate of drug-likeness (QED) is 0.471. The van der Waals surface area contributed by atoms with E-state index >= 15 is 0 Å². The van der Waals surface area contributed by atoms with Crippen LogP contribution in [0.15, 0.2) is 28.9 Å². The Morgan fingerprint density at radius 1 is 1.03 bits per heavy atom. The minimum atomic E-state index is -0.823. The van der Waals surface area contributed by atoms with Crippen LogP contribution in [0.3, 0.4) is 0 Å². The fourth-order valence-electron chi connectivity index (χ4n) is 4.36. The lowest BCUT2D eigenvalue weighted by Crippen LogP contribution is -2.45. The highest BCUT2D eigenvalue weighted by Gasteiger charge is 2.34. The number of benzene rings is 1. The molecule has 2 N–H and O–H groups in total. The first-order valence-corrected chi connectivity index (χ1v) is 10.5. The zero-order valence-electron chi connectivity index (χ0n) is 17.6. The van der Waals surface area contributed by atoms with Crippen molar-refractivity contribution in [2.24, 2.45) is 0 Å². The van der Waals surface area contributed by atoms with E-state index in [1.54, 1.807) is 12.4 Å². The Bertz CT molecular complexity index is 1280. The SMILES string of the molecule is Cc1n[nH]nc1C1CN(c2nnc(-c3cnc(NC4Cc5cc(F)c(F)cc5C4)nc3)o2)C1. The lowest BCUT2D eigenvalue weighted by atomic mass is 9.96. The number of aryl methyl sites for hydroxylation is 1. The van der Waals surface area contributed by atoms with Crippen LogP contribution in [0.1, 0.15) is 28.4 Å². The van der Waals surface area contributed by atoms with Gasteiger partial charge in [0.15, 0.2) is 11.6 Å². The smallest absolute Gasteiger partial charge is 0.318 e. The molecule has 4 aromatic rings. The summed E-state index contributed by atoms with van der Waals surface area (Å²) in [6, 6.07) is 2.93. The van der Waals surface area contributed by atoms with E-state index in [4.69, 9.17) is 4.42 Å². The minimum Gasteiger partial charge on any atom is -0.403 e. The molecule has 0 amide bonds. The number of fused-ring (bicyclic) bond motifs is 1. The van der Waals surface area contributed by atoms with Crippen LogP contribution in [-0.4, -0.2) is 54.7 Å². The molecular weight excluding hydrogens is 432 g/mol. The maximum Gasteiger partial charge on any atom is 0.318 e. The summed E-state index contributed by atoms with van der Waals surface area (Å²) in [5.74, 6) is -0.614. The van der Waals surface area contributed by atoms with Crippen LogP contribution in [0.4, 0.5) is 20.7 Å². The van der Waals surface area contributed by atoms with Crippen molar-refractivity contribution in [1.29, 1.82) is 0 Å². The van der Waals surface area contributed by atoms with Crippen molar-refractivity contribution < 1.29 is 13.2 Å². The Hall–Kier alpha value is -3.96. The van der Waals surface area contributed by atoms with Crippen LogP contribution in [-0.2, 0) is 12.8 Å². The van der Waals surface area contributed by atoms with Gasteiger partial charge < -0.3 is 14.6 Å². The lowest BCUT2D eigenvalue weighted by Gasteiger charge is -2.36. The predicted octanol–water partition coefficient (Wildman–Crippen LogP) is 2.41. The van der Waals surface area contributed by atoms with Crippen molar-refractivity contribution >= 4 is 12.0 Å². The second-order valence-electron chi connectivity index (χ2n) is 8.37. The zero-order valence-corrected chi connectivity index (χ0v) is 17.6. The molecule has 3 aromatic heterocycles. The van der Waals surface area contributed by atoms with Gasteiger partial charge in [0, 0.05) is 37.4 Å². The first-order chi connectivity index (χ1) is 16.0. The third-order valence-electron chi connectivity index (χ3n) is 6.12. The van der Waals surface area contributed by atoms with Gasteiger partial charge in [0.1, 0.15) is 0 Å². The molecule has 168 valence electrons. The van der Waals surface area contributed by atoms with Crippen molar-refractivity contribution in [3.8, 4) is 11.5 Å². The number of nitrogens with one attached hydrogen (secondary N) is 2. The summed E-state index contributed by atoms with van der Waals surface area (Å²) in [6.45, 7) is 3.38. The van der Waals surface area contributed by atoms with E-state index in [-0.39, 0.29) is 12.0 Å². The van der Waals surface area contributed by atoms with Crippen LogP contribution >= 0.6 is 0 Å². The van der Waals surface area contributed by atoms with Crippen molar-refractivity contribution in [2.45, 2.75) is 31.7 Å². The van der Waals surface area contributed by atoms with Crippen molar-refractivity contribution in [3.63, 3.8) is 0 Å². The summed E-state index contributed by atoms with van der Waals surface area (Å²) in [5.41, 5.74) is 4.06. The van der Waals surface area contributed by atoms with Gasteiger partial charge in [-0.05, 0) is 43.0 Å². The van der Waals surface area contributed by atoms with Gasteiger partial charge in [-0.25, -0.2) is 18.7 Å². The number of aromatic nitrogens is 7. The monoisotopic (exact) mass is 451 g/mol. The molecule has 0 radical (unpaired) electrons. The fourth-order valence-corrected chi connectivity index (χ4v) is 4.36. The molecule has 0 spiro atoms. The molecule has 0 bridgehead atoms. The second-order valence-corrected chi connectivity index (χ2v) is 8.37. The van der Waals surface area contributed by atoms with Gasteiger partial charge >= 0.3 is 6.01 Å². The zero-order chi connectivity index (χ0) is 22.5. The molecule has 1 aliphatic heterocycles. The van der Waals surface area contributed by atoms with E-state index in [0.29, 0.717) is 36.3 Å². The maximum atomic E-state index is 13.5. The highest BCUT2D eigenvalue weighted by molar-refractivity contribution is 5.52. The molecule has 0 atom stereocenters. The number of hydrogen-bond acceptors (Lipinski definition) is 9.